The predicted molar refractivity (Wildman–Crippen MR) is 90.2 cm³/mol. The van der Waals surface area contributed by atoms with Crippen LogP contribution in [0.2, 0.25) is 0 Å². The number of fused-ring (bicyclic) bond motifs is 1. The number of aromatic nitrogens is 2. The van der Waals surface area contributed by atoms with Crippen molar-refractivity contribution in [2.45, 2.75) is 0 Å². The Morgan fingerprint density at radius 3 is 2.52 bits per heavy atom. The van der Waals surface area contributed by atoms with Crippen LogP contribution < -0.4 is 9.62 Å². The Morgan fingerprint density at radius 1 is 0.913 bits per heavy atom. The second-order valence-corrected chi connectivity index (χ2v) is 5.23. The minimum atomic E-state index is 0. The Balaban J connectivity index is 0.00000156. The first-order valence-electron chi connectivity index (χ1n) is 7.15. The maximum atomic E-state index is 4.53. The van der Waals surface area contributed by atoms with Crippen molar-refractivity contribution in [2.75, 3.05) is 16.7 Å². The molecule has 4 rings (SSSR count). The van der Waals surface area contributed by atoms with Crippen LogP contribution in [0.4, 0.5) is 17.2 Å². The van der Waals surface area contributed by atoms with E-state index >= 15 is 0 Å². The summed E-state index contributed by atoms with van der Waals surface area (Å²) in [7, 11) is 4.10. The maximum Gasteiger partial charge on any atom is 0.397 e. The molecule has 0 saturated carbocycles. The van der Waals surface area contributed by atoms with Crippen molar-refractivity contribution in [1.82, 2.24) is 9.97 Å². The molecular formula is C17H14BN4Pt. The van der Waals surface area contributed by atoms with Crippen molar-refractivity contribution in [3.8, 4) is 11.1 Å². The number of hydrogen-bond donors (Lipinski definition) is 0. The van der Waals surface area contributed by atoms with E-state index in [0.29, 0.717) is 0 Å². The van der Waals surface area contributed by atoms with E-state index in [9.17, 15) is 0 Å². The van der Waals surface area contributed by atoms with Crippen molar-refractivity contribution in [1.29, 1.82) is 0 Å². The molecule has 0 bridgehead atoms. The van der Waals surface area contributed by atoms with Crippen LogP contribution in [0.3, 0.4) is 0 Å². The summed E-state index contributed by atoms with van der Waals surface area (Å²) >= 11 is 0. The van der Waals surface area contributed by atoms with Gasteiger partial charge in [0.05, 0.1) is 5.69 Å². The molecule has 3 aromatic rings. The standard InChI is InChI=1S/C17H14BN4.Pt/c1-21-15-6-2-3-7-16(15)22(18-21)17-11-13(8-10-20-17)14-5-4-9-19-12-14;/h2-12H,1H3;. The van der Waals surface area contributed by atoms with E-state index in [4.69, 9.17) is 0 Å². The quantitative estimate of drug-likeness (QED) is 0.528. The molecule has 3 heterocycles. The fourth-order valence-corrected chi connectivity index (χ4v) is 2.71. The molecule has 0 saturated heterocycles. The summed E-state index contributed by atoms with van der Waals surface area (Å²) in [5, 5.41) is 0. The van der Waals surface area contributed by atoms with Gasteiger partial charge in [0, 0.05) is 50.9 Å². The molecule has 1 aromatic carbocycles. The van der Waals surface area contributed by atoms with Crippen molar-refractivity contribution in [3.05, 3.63) is 67.1 Å². The second-order valence-electron chi connectivity index (χ2n) is 5.23. The molecule has 0 N–H and O–H groups in total. The minimum Gasteiger partial charge on any atom is -0.400 e. The van der Waals surface area contributed by atoms with E-state index in [1.807, 2.05) is 43.7 Å². The van der Waals surface area contributed by atoms with Crippen LogP contribution in [-0.2, 0) is 21.1 Å². The molecule has 0 atom stereocenters. The third-order valence-corrected chi connectivity index (χ3v) is 3.80. The second kappa shape index (κ2) is 6.55. The summed E-state index contributed by atoms with van der Waals surface area (Å²) in [6.45, 7) is 0. The van der Waals surface area contributed by atoms with E-state index in [-0.39, 0.29) is 21.1 Å². The number of rotatable bonds is 2. The Hall–Kier alpha value is -2.13. The van der Waals surface area contributed by atoms with E-state index in [1.165, 1.54) is 5.69 Å². The van der Waals surface area contributed by atoms with Gasteiger partial charge >= 0.3 is 7.55 Å². The zero-order valence-corrected chi connectivity index (χ0v) is 14.8. The molecule has 1 aliphatic rings. The molecular weight excluding hydrogens is 466 g/mol. The summed E-state index contributed by atoms with van der Waals surface area (Å²) in [5.41, 5.74) is 4.52. The first-order valence-corrected chi connectivity index (χ1v) is 7.15. The summed E-state index contributed by atoms with van der Waals surface area (Å²) < 4.78 is 0. The Morgan fingerprint density at radius 2 is 1.74 bits per heavy atom. The molecule has 0 spiro atoms. The van der Waals surface area contributed by atoms with Crippen LogP contribution in [0.5, 0.6) is 0 Å². The average Bonchev–Trinajstić information content (AvgIpc) is 2.93. The molecule has 0 amide bonds. The van der Waals surface area contributed by atoms with Crippen LogP contribution in [0.15, 0.2) is 67.1 Å². The summed E-state index contributed by atoms with van der Waals surface area (Å²) in [5.74, 6) is 0.901. The molecule has 1 aliphatic heterocycles. The van der Waals surface area contributed by atoms with Crippen LogP contribution in [-0.4, -0.2) is 24.6 Å². The van der Waals surface area contributed by atoms with Gasteiger partial charge in [-0.2, -0.15) is 0 Å². The largest absolute Gasteiger partial charge is 0.400 e. The van der Waals surface area contributed by atoms with Gasteiger partial charge < -0.3 is 9.62 Å². The molecule has 6 heteroatoms. The first-order chi connectivity index (χ1) is 10.8. The number of nitrogens with zero attached hydrogens (tertiary/aromatic N) is 4. The van der Waals surface area contributed by atoms with Gasteiger partial charge in [0.15, 0.2) is 0 Å². The molecule has 115 valence electrons. The predicted octanol–water partition coefficient (Wildman–Crippen LogP) is 3.26. The number of pyridine rings is 2. The topological polar surface area (TPSA) is 32.3 Å². The molecule has 0 aliphatic carbocycles. The molecule has 23 heavy (non-hydrogen) atoms. The van der Waals surface area contributed by atoms with Crippen LogP contribution >= 0.6 is 0 Å². The zero-order valence-electron chi connectivity index (χ0n) is 12.5. The van der Waals surface area contributed by atoms with Gasteiger partial charge in [-0.25, -0.2) is 4.98 Å². The van der Waals surface area contributed by atoms with Crippen LogP contribution in [0, 0.1) is 0 Å². The first kappa shape index (κ1) is 15.8. The van der Waals surface area contributed by atoms with Gasteiger partial charge in [-0.05, 0) is 42.9 Å². The fourth-order valence-electron chi connectivity index (χ4n) is 2.71. The smallest absolute Gasteiger partial charge is 0.397 e. The molecule has 0 unspecified atom stereocenters. The van der Waals surface area contributed by atoms with Crippen molar-refractivity contribution in [2.24, 2.45) is 0 Å². The molecule has 4 nitrogen and oxygen atoms in total. The maximum absolute atomic E-state index is 4.53. The Kier molecular flexibility index (Phi) is 4.49. The number of para-hydroxylation sites is 2. The van der Waals surface area contributed by atoms with Gasteiger partial charge in [-0.3, -0.25) is 4.98 Å². The average molecular weight is 480 g/mol. The third-order valence-electron chi connectivity index (χ3n) is 3.80. The van der Waals surface area contributed by atoms with Crippen molar-refractivity contribution >= 4 is 24.7 Å². The summed E-state index contributed by atoms with van der Waals surface area (Å²) in [4.78, 5) is 12.9. The van der Waals surface area contributed by atoms with Crippen molar-refractivity contribution in [3.63, 3.8) is 0 Å². The molecule has 1 radical (unpaired) electrons. The monoisotopic (exact) mass is 480 g/mol. The fraction of sp³-hybridized carbons (Fsp3) is 0.0588. The SMILES string of the molecule is CN1[B]N(c2cc(-c3cccnc3)ccn2)c2ccccc21.[Pt]. The molecule has 0 fully saturated rings. The van der Waals surface area contributed by atoms with E-state index in [0.717, 1.165) is 22.6 Å². The number of anilines is 3. The zero-order chi connectivity index (χ0) is 14.9. The van der Waals surface area contributed by atoms with Crippen LogP contribution in [0.1, 0.15) is 0 Å². The number of hydrogen-bond acceptors (Lipinski definition) is 4. The summed E-state index contributed by atoms with van der Waals surface area (Å²) in [6.07, 6.45) is 5.49. The normalized spacial score (nSPS) is 12.4. The van der Waals surface area contributed by atoms with Crippen molar-refractivity contribution < 1.29 is 21.1 Å². The van der Waals surface area contributed by atoms with Gasteiger partial charge in [0.25, 0.3) is 0 Å². The van der Waals surface area contributed by atoms with Gasteiger partial charge in [-0.1, -0.05) is 18.2 Å². The van der Waals surface area contributed by atoms with Gasteiger partial charge in [0.1, 0.15) is 5.82 Å². The minimum absolute atomic E-state index is 0. The Labute approximate surface area is 150 Å². The van der Waals surface area contributed by atoms with E-state index < -0.39 is 0 Å². The van der Waals surface area contributed by atoms with Crippen LogP contribution in [0.25, 0.3) is 11.1 Å². The van der Waals surface area contributed by atoms with E-state index in [2.05, 4.69) is 51.4 Å². The third kappa shape index (κ3) is 2.89. The molecule has 2 aromatic heterocycles. The van der Waals surface area contributed by atoms with Gasteiger partial charge in [-0.15, -0.1) is 0 Å². The van der Waals surface area contributed by atoms with E-state index in [1.54, 1.807) is 6.20 Å². The summed E-state index contributed by atoms with van der Waals surface area (Å²) in [6, 6.07) is 16.4. The Bertz CT molecular complexity index is 812. The van der Waals surface area contributed by atoms with Gasteiger partial charge in [0.2, 0.25) is 0 Å². The number of benzene rings is 1.